The second kappa shape index (κ2) is 5.60. The Balaban J connectivity index is 1.75. The Morgan fingerprint density at radius 1 is 1.55 bits per heavy atom. The van der Waals surface area contributed by atoms with Crippen molar-refractivity contribution in [1.29, 1.82) is 0 Å². The molecule has 0 unspecified atom stereocenters. The van der Waals surface area contributed by atoms with Crippen LogP contribution in [0.3, 0.4) is 0 Å². The molecule has 2 heterocycles. The first-order valence-electron chi connectivity index (χ1n) is 6.49. The van der Waals surface area contributed by atoms with Gasteiger partial charge in [0.15, 0.2) is 0 Å². The van der Waals surface area contributed by atoms with Crippen molar-refractivity contribution in [3.63, 3.8) is 0 Å². The molecule has 3 rings (SSSR count). The zero-order valence-corrected chi connectivity index (χ0v) is 12.2. The number of aliphatic hydroxyl groups excluding tert-OH is 1. The minimum atomic E-state index is -0.237. The maximum absolute atomic E-state index is 12.2. The number of aliphatic hydroxyl groups is 1. The van der Waals surface area contributed by atoms with Crippen LogP contribution in [0.4, 0.5) is 0 Å². The predicted molar refractivity (Wildman–Crippen MR) is 79.1 cm³/mol. The van der Waals surface area contributed by atoms with Gasteiger partial charge in [0, 0.05) is 11.1 Å². The van der Waals surface area contributed by atoms with E-state index >= 15 is 0 Å². The molecule has 0 bridgehead atoms. The molecule has 0 radical (unpaired) electrons. The summed E-state index contributed by atoms with van der Waals surface area (Å²) in [4.78, 5) is 16.2. The highest BCUT2D eigenvalue weighted by Crippen LogP contribution is 2.39. The molecule has 0 saturated heterocycles. The maximum Gasteiger partial charge on any atom is 0.268 e. The molecule has 1 saturated carbocycles. The fourth-order valence-electron chi connectivity index (χ4n) is 2.51. The number of rotatable bonds is 4. The predicted octanol–water partition coefficient (Wildman–Crippen LogP) is 2.97. The van der Waals surface area contributed by atoms with Gasteiger partial charge in [-0.1, -0.05) is 17.7 Å². The summed E-state index contributed by atoms with van der Waals surface area (Å²) in [7, 11) is 0. The lowest BCUT2D eigenvalue weighted by Gasteiger charge is -2.37. The molecule has 4 nitrogen and oxygen atoms in total. The van der Waals surface area contributed by atoms with Crippen LogP contribution in [0, 0.1) is 5.92 Å². The Morgan fingerprint density at radius 3 is 2.90 bits per heavy atom. The van der Waals surface area contributed by atoms with Crippen LogP contribution in [-0.4, -0.2) is 22.1 Å². The van der Waals surface area contributed by atoms with Gasteiger partial charge in [-0.25, -0.2) is 0 Å². The van der Waals surface area contributed by atoms with E-state index in [1.807, 2.05) is 17.5 Å². The topological polar surface area (TPSA) is 65.1 Å². The number of nitrogens with one attached hydrogen (secondary N) is 2. The first-order valence-corrected chi connectivity index (χ1v) is 7.75. The first-order chi connectivity index (χ1) is 9.63. The van der Waals surface area contributed by atoms with Crippen molar-refractivity contribution in [3.8, 4) is 0 Å². The zero-order valence-electron chi connectivity index (χ0n) is 10.7. The average Bonchev–Trinajstić information content (AvgIpc) is 3.03. The van der Waals surface area contributed by atoms with Crippen LogP contribution < -0.4 is 5.32 Å². The summed E-state index contributed by atoms with van der Waals surface area (Å²) in [6, 6.07) is 5.55. The van der Waals surface area contributed by atoms with E-state index < -0.39 is 0 Å². The summed E-state index contributed by atoms with van der Waals surface area (Å²) >= 11 is 7.44. The summed E-state index contributed by atoms with van der Waals surface area (Å²) in [5.74, 6) is 0.120. The van der Waals surface area contributed by atoms with Crippen LogP contribution in [0.25, 0.3) is 0 Å². The molecule has 20 heavy (non-hydrogen) atoms. The van der Waals surface area contributed by atoms with Gasteiger partial charge in [0.05, 0.1) is 17.2 Å². The molecular weight excluding hydrogens is 296 g/mol. The van der Waals surface area contributed by atoms with E-state index in [0.29, 0.717) is 10.7 Å². The minimum absolute atomic E-state index is 0.0482. The van der Waals surface area contributed by atoms with Crippen molar-refractivity contribution in [3.05, 3.63) is 45.4 Å². The highest BCUT2D eigenvalue weighted by molar-refractivity contribution is 7.10. The van der Waals surface area contributed by atoms with Gasteiger partial charge in [-0.05, 0) is 36.3 Å². The van der Waals surface area contributed by atoms with E-state index in [-0.39, 0.29) is 24.0 Å². The molecule has 1 aliphatic rings. The van der Waals surface area contributed by atoms with Crippen molar-refractivity contribution in [2.45, 2.75) is 25.0 Å². The summed E-state index contributed by atoms with van der Waals surface area (Å²) in [5, 5.41) is 15.0. The number of carbonyl (C=O) groups is 1. The monoisotopic (exact) mass is 310 g/mol. The van der Waals surface area contributed by atoms with Crippen LogP contribution in [0.1, 0.15) is 34.2 Å². The van der Waals surface area contributed by atoms with Crippen LogP contribution in [0.15, 0.2) is 29.8 Å². The number of thiophene rings is 1. The highest BCUT2D eigenvalue weighted by atomic mass is 35.5. The average molecular weight is 311 g/mol. The molecule has 1 fully saturated rings. The lowest BCUT2D eigenvalue weighted by Crippen LogP contribution is -2.41. The van der Waals surface area contributed by atoms with Crippen molar-refractivity contribution >= 4 is 28.8 Å². The van der Waals surface area contributed by atoms with E-state index in [0.717, 1.165) is 17.7 Å². The van der Waals surface area contributed by atoms with E-state index in [1.54, 1.807) is 23.6 Å². The third kappa shape index (κ3) is 2.75. The summed E-state index contributed by atoms with van der Waals surface area (Å²) in [5.41, 5.74) is 0.455. The maximum atomic E-state index is 12.2. The normalized spacial score (nSPS) is 23.1. The summed E-state index contributed by atoms with van der Waals surface area (Å²) in [6.07, 6.45) is 2.81. The summed E-state index contributed by atoms with van der Waals surface area (Å²) < 4.78 is 0. The van der Waals surface area contributed by atoms with Crippen molar-refractivity contribution < 1.29 is 9.90 Å². The molecule has 2 aromatic heterocycles. The molecule has 106 valence electrons. The van der Waals surface area contributed by atoms with E-state index in [1.165, 1.54) is 0 Å². The Hall–Kier alpha value is -1.30. The van der Waals surface area contributed by atoms with Gasteiger partial charge in [-0.2, -0.15) is 0 Å². The van der Waals surface area contributed by atoms with Gasteiger partial charge in [0.2, 0.25) is 0 Å². The lowest BCUT2D eigenvalue weighted by molar-refractivity contribution is 0.0240. The Kier molecular flexibility index (Phi) is 3.83. The van der Waals surface area contributed by atoms with Gasteiger partial charge >= 0.3 is 0 Å². The first kappa shape index (κ1) is 13.7. The number of hydrogen-bond acceptors (Lipinski definition) is 3. The van der Waals surface area contributed by atoms with E-state index in [2.05, 4.69) is 10.3 Å². The molecule has 2 aromatic rings. The van der Waals surface area contributed by atoms with Crippen molar-refractivity contribution in [2.24, 2.45) is 5.92 Å². The Morgan fingerprint density at radius 2 is 2.35 bits per heavy atom. The van der Waals surface area contributed by atoms with Crippen molar-refractivity contribution in [1.82, 2.24) is 10.3 Å². The third-order valence-electron chi connectivity index (χ3n) is 3.65. The molecule has 0 aromatic carbocycles. The Labute approximate surface area is 125 Å². The van der Waals surface area contributed by atoms with Gasteiger partial charge in [0.25, 0.3) is 5.91 Å². The van der Waals surface area contributed by atoms with Crippen LogP contribution >= 0.6 is 22.9 Å². The molecule has 0 aliphatic heterocycles. The molecular formula is C14H15ClN2O2S. The van der Waals surface area contributed by atoms with Crippen LogP contribution in [-0.2, 0) is 0 Å². The molecule has 0 spiro atoms. The lowest BCUT2D eigenvalue weighted by atomic mass is 9.76. The fourth-order valence-corrected chi connectivity index (χ4v) is 3.54. The third-order valence-corrected chi connectivity index (χ3v) is 4.82. The molecule has 3 N–H and O–H groups in total. The number of H-pyrrole nitrogens is 1. The number of hydrogen-bond donors (Lipinski definition) is 3. The van der Waals surface area contributed by atoms with E-state index in [9.17, 15) is 9.90 Å². The smallest absolute Gasteiger partial charge is 0.268 e. The van der Waals surface area contributed by atoms with Gasteiger partial charge in [-0.3, -0.25) is 4.79 Å². The minimum Gasteiger partial charge on any atom is -0.393 e. The molecule has 1 amide bonds. The number of amides is 1. The standard InChI is InChI=1S/C14H15ClN2O2S/c15-9-6-11(16-7-9)14(19)17-13(8-4-10(18)5-8)12-2-1-3-20-12/h1-3,6-8,10,13,16,18H,4-5H2,(H,17,19)/t8?,10?,13-/m0/s1. The van der Waals surface area contributed by atoms with Gasteiger partial charge in [0.1, 0.15) is 5.69 Å². The van der Waals surface area contributed by atoms with Gasteiger partial charge in [-0.15, -0.1) is 11.3 Å². The quantitative estimate of drug-likeness (QED) is 0.813. The van der Waals surface area contributed by atoms with Crippen LogP contribution in [0.5, 0.6) is 0 Å². The summed E-state index contributed by atoms with van der Waals surface area (Å²) in [6.45, 7) is 0. The number of aromatic nitrogens is 1. The second-order valence-corrected chi connectivity index (χ2v) is 6.50. The number of halogens is 1. The van der Waals surface area contributed by atoms with E-state index in [4.69, 9.17) is 11.6 Å². The SMILES string of the molecule is O=C(N[C@H](c1cccs1)C1CC(O)C1)c1cc(Cl)c[nH]1. The molecule has 1 atom stereocenters. The highest BCUT2D eigenvalue weighted by Gasteiger charge is 2.36. The van der Waals surface area contributed by atoms with Gasteiger partial charge < -0.3 is 15.4 Å². The van der Waals surface area contributed by atoms with Crippen molar-refractivity contribution in [2.75, 3.05) is 0 Å². The van der Waals surface area contributed by atoms with Crippen LogP contribution in [0.2, 0.25) is 5.02 Å². The second-order valence-electron chi connectivity index (χ2n) is 5.08. The number of carbonyl (C=O) groups excluding carboxylic acids is 1. The fraction of sp³-hybridized carbons (Fsp3) is 0.357. The molecule has 6 heteroatoms. The largest absolute Gasteiger partial charge is 0.393 e. The molecule has 1 aliphatic carbocycles. The Bertz CT molecular complexity index is 590. The zero-order chi connectivity index (χ0) is 14.1. The number of aromatic amines is 1.